The highest BCUT2D eigenvalue weighted by Gasteiger charge is 2.28. The highest BCUT2D eigenvalue weighted by Crippen LogP contribution is 2.37. The van der Waals surface area contributed by atoms with Crippen LogP contribution in [0.2, 0.25) is 0 Å². The molecule has 0 spiro atoms. The summed E-state index contributed by atoms with van der Waals surface area (Å²) in [6.45, 7) is 6.90. The number of hydrogen-bond donors (Lipinski definition) is 1. The Bertz CT molecular complexity index is 1370. The first-order chi connectivity index (χ1) is 17.1. The van der Waals surface area contributed by atoms with Crippen molar-refractivity contribution in [2.75, 3.05) is 18.0 Å². The van der Waals surface area contributed by atoms with Crippen LogP contribution in [-0.4, -0.2) is 40.4 Å². The van der Waals surface area contributed by atoms with Crippen LogP contribution in [0, 0.1) is 11.3 Å². The Labute approximate surface area is 230 Å². The third kappa shape index (κ3) is 6.10. The summed E-state index contributed by atoms with van der Waals surface area (Å²) in [7, 11) is 0. The predicted molar refractivity (Wildman–Crippen MR) is 149 cm³/mol. The number of ether oxygens (including phenoxy) is 1. The molecule has 1 aliphatic heterocycles. The molecule has 1 fully saturated rings. The van der Waals surface area contributed by atoms with E-state index in [1.807, 2.05) is 49.9 Å². The Morgan fingerprint density at radius 1 is 1.36 bits per heavy atom. The van der Waals surface area contributed by atoms with Crippen LogP contribution in [0.3, 0.4) is 0 Å². The molecule has 0 saturated carbocycles. The van der Waals surface area contributed by atoms with Gasteiger partial charge in [0.2, 0.25) is 5.95 Å². The molecule has 0 unspecified atom stereocenters. The van der Waals surface area contributed by atoms with Gasteiger partial charge in [0.15, 0.2) is 0 Å². The number of benzene rings is 1. The first kappa shape index (κ1) is 26.6. The number of halogens is 2. The maximum absolute atomic E-state index is 13.8. The zero-order chi connectivity index (χ0) is 26.0. The van der Waals surface area contributed by atoms with Gasteiger partial charge in [0.1, 0.15) is 14.0 Å². The fourth-order valence-corrected chi connectivity index (χ4v) is 5.92. The predicted octanol–water partition coefficient (Wildman–Crippen LogP) is 5.66. The molecular formula is C25H27Br2N5O3S. The lowest BCUT2D eigenvalue weighted by atomic mass is 10.1. The molecule has 1 aliphatic rings. The van der Waals surface area contributed by atoms with Crippen LogP contribution in [0.15, 0.2) is 35.1 Å². The van der Waals surface area contributed by atoms with Crippen LogP contribution >= 0.6 is 43.2 Å². The molecule has 0 bridgehead atoms. The van der Waals surface area contributed by atoms with Crippen LogP contribution in [0.4, 0.5) is 10.7 Å². The number of rotatable bonds is 5. The third-order valence-electron chi connectivity index (χ3n) is 5.74. The summed E-state index contributed by atoms with van der Waals surface area (Å²) in [6.07, 6.45) is 1.17. The second kappa shape index (κ2) is 10.9. The average Bonchev–Trinajstić information content (AvgIpc) is 3.25. The van der Waals surface area contributed by atoms with Gasteiger partial charge in [-0.1, -0.05) is 50.1 Å². The Morgan fingerprint density at radius 2 is 2.11 bits per heavy atom. The maximum Gasteiger partial charge on any atom is 0.407 e. The van der Waals surface area contributed by atoms with Crippen molar-refractivity contribution in [3.05, 3.63) is 56.7 Å². The van der Waals surface area contributed by atoms with Gasteiger partial charge < -0.3 is 15.0 Å². The number of nitriles is 1. The van der Waals surface area contributed by atoms with E-state index in [1.54, 1.807) is 10.6 Å². The van der Waals surface area contributed by atoms with E-state index in [0.29, 0.717) is 34.8 Å². The largest absolute Gasteiger partial charge is 0.444 e. The molecule has 3 aromatic rings. The topological polar surface area (TPSA) is 100 Å². The standard InChI is InChI=1S/C25H27Br2N5O3S/c1-25(2,3)35-24(34)29-17-9-6-10-31(14-17)23-30-18-11-19(21(26)27)36-20(18)22(33)32(23)13-16-8-5-4-7-15(16)12-28/h4-5,7-8,11,17,21H,6,9-10,13-14H2,1-3H3,(H,29,34)/t17-/m1/s1. The van der Waals surface area contributed by atoms with Crippen molar-refractivity contribution < 1.29 is 9.53 Å². The first-order valence-corrected chi connectivity index (χ1v) is 14.3. The lowest BCUT2D eigenvalue weighted by Gasteiger charge is -2.35. The number of anilines is 1. The molecule has 1 saturated heterocycles. The van der Waals surface area contributed by atoms with Crippen LogP contribution < -0.4 is 15.8 Å². The van der Waals surface area contributed by atoms with E-state index in [4.69, 9.17) is 9.72 Å². The smallest absolute Gasteiger partial charge is 0.407 e. The summed E-state index contributed by atoms with van der Waals surface area (Å²) >= 11 is 8.42. The normalized spacial score (nSPS) is 16.2. The fraction of sp³-hybridized carbons (Fsp3) is 0.440. The number of amides is 1. The highest BCUT2D eigenvalue weighted by atomic mass is 79.9. The molecule has 190 valence electrons. The number of thiophene rings is 1. The number of hydrogen-bond acceptors (Lipinski definition) is 7. The minimum absolute atomic E-state index is 0.0859. The van der Waals surface area contributed by atoms with Crippen LogP contribution in [0.5, 0.6) is 0 Å². The van der Waals surface area contributed by atoms with Crippen LogP contribution in [0.1, 0.15) is 53.4 Å². The van der Waals surface area contributed by atoms with E-state index in [1.165, 1.54) is 11.3 Å². The van der Waals surface area contributed by atoms with Crippen molar-refractivity contribution in [2.45, 2.75) is 55.5 Å². The zero-order valence-electron chi connectivity index (χ0n) is 20.3. The minimum atomic E-state index is -0.584. The summed E-state index contributed by atoms with van der Waals surface area (Å²) in [6, 6.07) is 11.3. The number of carbonyl (C=O) groups is 1. The molecule has 0 aliphatic carbocycles. The number of piperidine rings is 1. The SMILES string of the molecule is CC(C)(C)OC(=O)N[C@@H]1CCCN(c2nc3cc(C(Br)Br)sc3c(=O)n2Cc2ccccc2C#N)C1. The third-order valence-corrected chi connectivity index (χ3v) is 8.51. The number of fused-ring (bicyclic) bond motifs is 1. The molecule has 1 amide bonds. The number of aromatic nitrogens is 2. The van der Waals surface area contributed by atoms with Gasteiger partial charge in [0.25, 0.3) is 5.56 Å². The van der Waals surface area contributed by atoms with Crippen molar-refractivity contribution in [3.63, 3.8) is 0 Å². The summed E-state index contributed by atoms with van der Waals surface area (Å²) in [5.74, 6) is 0.529. The van der Waals surface area contributed by atoms with Gasteiger partial charge in [-0.05, 0) is 51.3 Å². The number of nitrogens with zero attached hydrogens (tertiary/aromatic N) is 4. The summed E-state index contributed by atoms with van der Waals surface area (Å²) in [5, 5.41) is 12.6. The van der Waals surface area contributed by atoms with E-state index < -0.39 is 11.7 Å². The molecule has 11 heteroatoms. The van der Waals surface area contributed by atoms with E-state index >= 15 is 0 Å². The number of alkyl halides is 2. The molecule has 3 heterocycles. The van der Waals surface area contributed by atoms with Crippen molar-refractivity contribution in [1.29, 1.82) is 5.26 Å². The quantitative estimate of drug-likeness (QED) is 0.363. The van der Waals surface area contributed by atoms with Gasteiger partial charge in [-0.15, -0.1) is 11.3 Å². The Hall–Kier alpha value is -2.42. The summed E-state index contributed by atoms with van der Waals surface area (Å²) in [4.78, 5) is 34.0. The Kier molecular flexibility index (Phi) is 8.07. The Balaban J connectivity index is 1.73. The monoisotopic (exact) mass is 635 g/mol. The first-order valence-electron chi connectivity index (χ1n) is 11.6. The van der Waals surface area contributed by atoms with E-state index in [2.05, 4.69) is 43.2 Å². The number of nitrogens with one attached hydrogen (secondary N) is 1. The molecule has 2 aromatic heterocycles. The molecule has 1 atom stereocenters. The van der Waals surface area contributed by atoms with Gasteiger partial charge in [-0.2, -0.15) is 5.26 Å². The zero-order valence-corrected chi connectivity index (χ0v) is 24.2. The summed E-state index contributed by atoms with van der Waals surface area (Å²) in [5.41, 5.74) is 1.17. The van der Waals surface area contributed by atoms with Gasteiger partial charge in [0.05, 0.1) is 23.7 Å². The van der Waals surface area contributed by atoms with Crippen LogP contribution in [0.25, 0.3) is 10.2 Å². The maximum atomic E-state index is 13.8. The molecular weight excluding hydrogens is 610 g/mol. The van der Waals surface area contributed by atoms with Crippen molar-refractivity contribution in [3.8, 4) is 6.07 Å². The fourth-order valence-electron chi connectivity index (χ4n) is 4.20. The second-order valence-corrected chi connectivity index (χ2v) is 13.8. The molecule has 1 aromatic carbocycles. The van der Waals surface area contributed by atoms with Gasteiger partial charge in [-0.25, -0.2) is 9.78 Å². The molecule has 36 heavy (non-hydrogen) atoms. The number of carbonyl (C=O) groups excluding carboxylic acids is 1. The lowest BCUT2D eigenvalue weighted by Crippen LogP contribution is -2.50. The molecule has 1 N–H and O–H groups in total. The van der Waals surface area contributed by atoms with E-state index in [-0.39, 0.29) is 21.9 Å². The van der Waals surface area contributed by atoms with E-state index in [0.717, 1.165) is 23.3 Å². The molecule has 0 radical (unpaired) electrons. The van der Waals surface area contributed by atoms with Gasteiger partial charge in [0, 0.05) is 24.0 Å². The van der Waals surface area contributed by atoms with Gasteiger partial charge >= 0.3 is 6.09 Å². The highest BCUT2D eigenvalue weighted by molar-refractivity contribution is 9.24. The Morgan fingerprint density at radius 3 is 2.81 bits per heavy atom. The van der Waals surface area contributed by atoms with Crippen molar-refractivity contribution >= 4 is 65.5 Å². The second-order valence-electron chi connectivity index (χ2n) is 9.67. The molecule has 8 nitrogen and oxygen atoms in total. The molecule has 4 rings (SSSR count). The van der Waals surface area contributed by atoms with E-state index in [9.17, 15) is 14.9 Å². The van der Waals surface area contributed by atoms with Crippen molar-refractivity contribution in [2.24, 2.45) is 0 Å². The van der Waals surface area contributed by atoms with Gasteiger partial charge in [-0.3, -0.25) is 9.36 Å². The number of alkyl carbamates (subject to hydrolysis) is 1. The van der Waals surface area contributed by atoms with Crippen molar-refractivity contribution in [1.82, 2.24) is 14.9 Å². The minimum Gasteiger partial charge on any atom is -0.444 e. The average molecular weight is 637 g/mol. The lowest BCUT2D eigenvalue weighted by molar-refractivity contribution is 0.0499. The summed E-state index contributed by atoms with van der Waals surface area (Å²) < 4.78 is 7.56. The van der Waals surface area contributed by atoms with Crippen LogP contribution in [-0.2, 0) is 11.3 Å².